The van der Waals surface area contributed by atoms with Crippen LogP contribution in [0.5, 0.6) is 0 Å². The van der Waals surface area contributed by atoms with Crippen LogP contribution in [0.1, 0.15) is 40.0 Å². The quantitative estimate of drug-likeness (QED) is 0.581. The lowest BCUT2D eigenvalue weighted by atomic mass is 10.1. The SMILES string of the molecule is C=CCC/C=C/COC1=CCC(C)NC1=O.CC. The molecule has 0 spiro atoms. The monoisotopic (exact) mass is 251 g/mol. The summed E-state index contributed by atoms with van der Waals surface area (Å²) in [5, 5.41) is 2.82. The Balaban J connectivity index is 0.00000137. The summed E-state index contributed by atoms with van der Waals surface area (Å²) >= 11 is 0. The zero-order valence-electron chi connectivity index (χ0n) is 11.7. The van der Waals surface area contributed by atoms with Crippen molar-refractivity contribution in [2.24, 2.45) is 0 Å². The molecule has 0 saturated heterocycles. The highest BCUT2D eigenvalue weighted by Crippen LogP contribution is 2.08. The molecule has 3 heteroatoms. The molecule has 1 unspecified atom stereocenters. The van der Waals surface area contributed by atoms with E-state index in [2.05, 4.69) is 11.9 Å². The van der Waals surface area contributed by atoms with Gasteiger partial charge in [0.25, 0.3) is 5.91 Å². The molecule has 0 bridgehead atoms. The number of allylic oxidation sites excluding steroid dienone is 2. The smallest absolute Gasteiger partial charge is 0.286 e. The van der Waals surface area contributed by atoms with Gasteiger partial charge >= 0.3 is 0 Å². The van der Waals surface area contributed by atoms with Crippen LogP contribution < -0.4 is 5.32 Å². The fraction of sp³-hybridized carbons (Fsp3) is 0.533. The van der Waals surface area contributed by atoms with E-state index in [1.807, 2.05) is 45.1 Å². The first-order valence-corrected chi connectivity index (χ1v) is 6.63. The third-order valence-corrected chi connectivity index (χ3v) is 2.30. The molecule has 0 aromatic rings. The summed E-state index contributed by atoms with van der Waals surface area (Å²) in [6, 6.07) is 0.211. The number of hydrogen-bond acceptors (Lipinski definition) is 2. The van der Waals surface area contributed by atoms with Gasteiger partial charge in [0.15, 0.2) is 5.76 Å². The minimum Gasteiger partial charge on any atom is -0.484 e. The largest absolute Gasteiger partial charge is 0.484 e. The molecule has 3 nitrogen and oxygen atoms in total. The Morgan fingerprint density at radius 1 is 1.44 bits per heavy atom. The molecule has 102 valence electrons. The number of rotatable bonds is 6. The summed E-state index contributed by atoms with van der Waals surface area (Å²) in [7, 11) is 0. The van der Waals surface area contributed by atoms with E-state index in [0.717, 1.165) is 19.3 Å². The third kappa shape index (κ3) is 6.94. The Kier molecular flexibility index (Phi) is 9.74. The first-order valence-electron chi connectivity index (χ1n) is 6.63. The highest BCUT2D eigenvalue weighted by Gasteiger charge is 2.17. The van der Waals surface area contributed by atoms with E-state index in [1.165, 1.54) is 0 Å². The van der Waals surface area contributed by atoms with E-state index in [-0.39, 0.29) is 11.9 Å². The Hall–Kier alpha value is -1.51. The Morgan fingerprint density at radius 2 is 2.17 bits per heavy atom. The molecule has 0 fully saturated rings. The Labute approximate surface area is 111 Å². The molecule has 1 aliphatic heterocycles. The van der Waals surface area contributed by atoms with Crippen molar-refractivity contribution in [3.63, 3.8) is 0 Å². The number of nitrogens with one attached hydrogen (secondary N) is 1. The van der Waals surface area contributed by atoms with Crippen LogP contribution in [0, 0.1) is 0 Å². The lowest BCUT2D eigenvalue weighted by Crippen LogP contribution is -2.37. The topological polar surface area (TPSA) is 38.3 Å². The summed E-state index contributed by atoms with van der Waals surface area (Å²) in [5.74, 6) is 0.324. The molecule has 0 radical (unpaired) electrons. The van der Waals surface area contributed by atoms with Crippen molar-refractivity contribution in [1.82, 2.24) is 5.32 Å². The van der Waals surface area contributed by atoms with Crippen molar-refractivity contribution in [1.29, 1.82) is 0 Å². The number of hydrogen-bond donors (Lipinski definition) is 1. The van der Waals surface area contributed by atoms with Crippen molar-refractivity contribution in [2.45, 2.75) is 46.1 Å². The summed E-state index contributed by atoms with van der Waals surface area (Å²) in [4.78, 5) is 11.4. The molecule has 1 atom stereocenters. The fourth-order valence-electron chi connectivity index (χ4n) is 1.39. The molecule has 1 rings (SSSR count). The minimum absolute atomic E-state index is 0.113. The maximum atomic E-state index is 11.4. The molecule has 0 aromatic carbocycles. The van der Waals surface area contributed by atoms with Crippen LogP contribution in [0.4, 0.5) is 0 Å². The maximum Gasteiger partial charge on any atom is 0.286 e. The van der Waals surface area contributed by atoms with Gasteiger partial charge in [-0.25, -0.2) is 0 Å². The average Bonchev–Trinajstić information content (AvgIpc) is 2.38. The third-order valence-electron chi connectivity index (χ3n) is 2.30. The molecular formula is C15H25NO2. The number of carbonyl (C=O) groups excluding carboxylic acids is 1. The van der Waals surface area contributed by atoms with E-state index < -0.39 is 0 Å². The molecule has 0 aliphatic carbocycles. The number of amides is 1. The summed E-state index contributed by atoms with van der Waals surface area (Å²) < 4.78 is 5.36. The van der Waals surface area contributed by atoms with Gasteiger partial charge in [0, 0.05) is 6.04 Å². The molecule has 0 saturated carbocycles. The van der Waals surface area contributed by atoms with Gasteiger partial charge in [-0.1, -0.05) is 32.1 Å². The van der Waals surface area contributed by atoms with Gasteiger partial charge in [-0.15, -0.1) is 6.58 Å². The highest BCUT2D eigenvalue weighted by atomic mass is 16.5. The Bertz CT molecular complexity index is 306. The van der Waals surface area contributed by atoms with E-state index in [1.54, 1.807) is 0 Å². The lowest BCUT2D eigenvalue weighted by molar-refractivity contribution is -0.121. The van der Waals surface area contributed by atoms with Crippen LogP contribution in [0.15, 0.2) is 36.6 Å². The average molecular weight is 251 g/mol. The lowest BCUT2D eigenvalue weighted by Gasteiger charge is -2.19. The van der Waals surface area contributed by atoms with Gasteiger partial charge in [-0.3, -0.25) is 4.79 Å². The van der Waals surface area contributed by atoms with E-state index in [4.69, 9.17) is 4.74 Å². The van der Waals surface area contributed by atoms with Crippen LogP contribution in [-0.2, 0) is 9.53 Å². The normalized spacial score (nSPS) is 18.5. The van der Waals surface area contributed by atoms with Crippen LogP contribution in [0.2, 0.25) is 0 Å². The van der Waals surface area contributed by atoms with Crippen molar-refractivity contribution in [3.05, 3.63) is 36.6 Å². The summed E-state index contributed by atoms with van der Waals surface area (Å²) in [6.07, 6.45) is 10.5. The van der Waals surface area contributed by atoms with Crippen LogP contribution in [-0.4, -0.2) is 18.6 Å². The van der Waals surface area contributed by atoms with Gasteiger partial charge < -0.3 is 10.1 Å². The minimum atomic E-state index is -0.113. The molecule has 1 heterocycles. The first kappa shape index (κ1) is 16.5. The molecule has 1 N–H and O–H groups in total. The number of unbranched alkanes of at least 4 members (excludes halogenated alkanes) is 1. The standard InChI is InChI=1S/C13H19NO2.C2H6/c1-3-4-5-6-7-10-16-12-9-8-11(2)14-13(12)15;1-2/h3,6-7,9,11H,1,4-5,8,10H2,2H3,(H,14,15);1-2H3/b7-6+;. The van der Waals surface area contributed by atoms with Crippen molar-refractivity contribution in [3.8, 4) is 0 Å². The number of carbonyl (C=O) groups is 1. The molecule has 0 aromatic heterocycles. The van der Waals surface area contributed by atoms with E-state index in [0.29, 0.717) is 12.4 Å². The van der Waals surface area contributed by atoms with Crippen LogP contribution >= 0.6 is 0 Å². The predicted molar refractivity (Wildman–Crippen MR) is 76.2 cm³/mol. The molecular weight excluding hydrogens is 226 g/mol. The summed E-state index contributed by atoms with van der Waals surface area (Å²) in [5.41, 5.74) is 0. The highest BCUT2D eigenvalue weighted by molar-refractivity contribution is 5.92. The van der Waals surface area contributed by atoms with Gasteiger partial charge in [0.1, 0.15) is 6.61 Å². The zero-order valence-corrected chi connectivity index (χ0v) is 11.7. The molecule has 1 aliphatic rings. The van der Waals surface area contributed by atoms with Gasteiger partial charge in [-0.05, 0) is 32.3 Å². The van der Waals surface area contributed by atoms with E-state index in [9.17, 15) is 4.79 Å². The van der Waals surface area contributed by atoms with Gasteiger partial charge in [-0.2, -0.15) is 0 Å². The predicted octanol–water partition coefficient (Wildman–Crippen LogP) is 3.34. The summed E-state index contributed by atoms with van der Waals surface area (Å²) in [6.45, 7) is 10.1. The second-order valence-corrected chi connectivity index (χ2v) is 3.83. The molecule has 1 amide bonds. The van der Waals surface area contributed by atoms with Crippen molar-refractivity contribution < 1.29 is 9.53 Å². The molecule has 18 heavy (non-hydrogen) atoms. The van der Waals surface area contributed by atoms with Crippen LogP contribution in [0.25, 0.3) is 0 Å². The van der Waals surface area contributed by atoms with Gasteiger partial charge in [0.2, 0.25) is 0 Å². The Morgan fingerprint density at radius 3 is 2.78 bits per heavy atom. The van der Waals surface area contributed by atoms with Crippen LogP contribution in [0.3, 0.4) is 0 Å². The maximum absolute atomic E-state index is 11.4. The second-order valence-electron chi connectivity index (χ2n) is 3.83. The van der Waals surface area contributed by atoms with Gasteiger partial charge in [0.05, 0.1) is 0 Å². The first-order chi connectivity index (χ1) is 8.74. The second kappa shape index (κ2) is 10.6. The fourth-order valence-corrected chi connectivity index (χ4v) is 1.39. The number of ether oxygens (including phenoxy) is 1. The van der Waals surface area contributed by atoms with Crippen molar-refractivity contribution >= 4 is 5.91 Å². The zero-order chi connectivity index (χ0) is 13.8. The van der Waals surface area contributed by atoms with Crippen molar-refractivity contribution in [2.75, 3.05) is 6.61 Å². The van der Waals surface area contributed by atoms with E-state index >= 15 is 0 Å².